The highest BCUT2D eigenvalue weighted by molar-refractivity contribution is 7.85. The van der Waals surface area contributed by atoms with Crippen LogP contribution in [0.25, 0.3) is 0 Å². The van der Waals surface area contributed by atoms with E-state index in [0.29, 0.717) is 121 Å². The van der Waals surface area contributed by atoms with Gasteiger partial charge < -0.3 is 48.9 Å². The Morgan fingerprint density at radius 3 is 0.826 bits per heavy atom. The van der Waals surface area contributed by atoms with E-state index < -0.39 is 42.3 Å². The molecule has 0 unspecified atom stereocenters. The minimum Gasteiger partial charge on any atom is -0.748 e. The second-order valence-corrected chi connectivity index (χ2v) is 20.5. The second kappa shape index (κ2) is 25.2. The summed E-state index contributed by atoms with van der Waals surface area (Å²) in [4.78, 5) is 0. The topological polar surface area (TPSA) is 140 Å². The van der Waals surface area contributed by atoms with Crippen LogP contribution in [-0.4, -0.2) is 135 Å². The Hall–Kier alpha value is 0.161. The van der Waals surface area contributed by atoms with Crippen molar-refractivity contribution < 1.29 is 57.3 Å². The average molecular weight is 738 g/mol. The standard InChI is InChI=1S/C29H67NO12SSi3/c1-10-34-44(35-11-2,36-12-3)27-19-22-30(25-26-43(31,32)33,23-20-28-45(37-13-4,38-14-5)39-15-6)24-21-29-46(40-16-7,41-17-8)42-18-9/h10-29H2,1-9H3. The molecule has 0 aliphatic carbocycles. The summed E-state index contributed by atoms with van der Waals surface area (Å²) in [6.07, 6.45) is 2.00. The largest absolute Gasteiger partial charge is 0.748 e. The molecule has 0 aromatic heterocycles. The predicted octanol–water partition coefficient (Wildman–Crippen LogP) is 4.66. The molecule has 0 aromatic carbocycles. The zero-order chi connectivity index (χ0) is 35.0. The zero-order valence-corrected chi connectivity index (χ0v) is 34.2. The van der Waals surface area contributed by atoms with Crippen LogP contribution in [-0.2, 0) is 50.0 Å². The monoisotopic (exact) mass is 737 g/mol. The Labute approximate surface area is 284 Å². The summed E-state index contributed by atoms with van der Waals surface area (Å²) >= 11 is 0. The fourth-order valence-electron chi connectivity index (χ4n) is 5.87. The Morgan fingerprint density at radius 2 is 0.652 bits per heavy atom. The highest BCUT2D eigenvalue weighted by Crippen LogP contribution is 2.26. The summed E-state index contributed by atoms with van der Waals surface area (Å²) in [5.41, 5.74) is 0. The first kappa shape index (κ1) is 46.2. The van der Waals surface area contributed by atoms with Crippen molar-refractivity contribution in [2.45, 2.75) is 99.7 Å². The molecule has 0 amide bonds. The number of nitrogens with zero attached hydrogens (tertiary/aromatic N) is 1. The van der Waals surface area contributed by atoms with Crippen LogP contribution in [0.4, 0.5) is 0 Å². The zero-order valence-electron chi connectivity index (χ0n) is 30.4. The van der Waals surface area contributed by atoms with Crippen LogP contribution in [0.5, 0.6) is 0 Å². The normalized spacial score (nSPS) is 13.5. The Kier molecular flexibility index (Phi) is 25.3. The van der Waals surface area contributed by atoms with E-state index in [0.717, 1.165) is 0 Å². The maximum Gasteiger partial charge on any atom is 0.501 e. The summed E-state index contributed by atoms with van der Waals surface area (Å²) in [6, 6.07) is 1.74. The molecule has 0 N–H and O–H groups in total. The third-order valence-corrected chi connectivity index (χ3v) is 17.6. The maximum atomic E-state index is 12.0. The van der Waals surface area contributed by atoms with Crippen molar-refractivity contribution in [1.29, 1.82) is 0 Å². The first-order valence-electron chi connectivity index (χ1n) is 17.4. The van der Waals surface area contributed by atoms with E-state index in [1.807, 2.05) is 62.3 Å². The number of hydrogen-bond donors (Lipinski definition) is 0. The molecule has 0 atom stereocenters. The van der Waals surface area contributed by atoms with Crippen molar-refractivity contribution in [2.75, 3.05) is 91.4 Å². The number of quaternary nitrogens is 1. The summed E-state index contributed by atoms with van der Waals surface area (Å²) < 4.78 is 91.4. The fraction of sp³-hybridized carbons (Fsp3) is 1.00. The Morgan fingerprint density at radius 1 is 0.435 bits per heavy atom. The average Bonchev–Trinajstić information content (AvgIpc) is 2.97. The van der Waals surface area contributed by atoms with Gasteiger partial charge >= 0.3 is 26.4 Å². The lowest BCUT2D eigenvalue weighted by Gasteiger charge is -2.41. The molecule has 0 fully saturated rings. The van der Waals surface area contributed by atoms with E-state index in [4.69, 9.17) is 39.8 Å². The highest BCUT2D eigenvalue weighted by atomic mass is 32.2. The van der Waals surface area contributed by atoms with Crippen molar-refractivity contribution in [3.8, 4) is 0 Å². The molecule has 0 aliphatic rings. The summed E-state index contributed by atoms with van der Waals surface area (Å²) in [6.45, 7) is 23.6. The van der Waals surface area contributed by atoms with Crippen LogP contribution in [0.2, 0.25) is 18.1 Å². The molecule has 0 saturated carbocycles. The molecule has 46 heavy (non-hydrogen) atoms. The SMILES string of the molecule is CCO[Si](CCC[N+](CCC[Si](OCC)(OCC)OCC)(CCC[Si](OCC)(OCC)OCC)CCS(=O)(=O)[O-])(OCC)OCC. The van der Waals surface area contributed by atoms with Gasteiger partial charge in [0, 0.05) is 96.9 Å². The molecule has 0 heterocycles. The molecule has 13 nitrogen and oxygen atoms in total. The van der Waals surface area contributed by atoms with Crippen molar-refractivity contribution >= 4 is 36.5 Å². The lowest BCUT2D eigenvalue weighted by Crippen LogP contribution is -2.55. The van der Waals surface area contributed by atoms with Crippen molar-refractivity contribution in [1.82, 2.24) is 0 Å². The quantitative estimate of drug-likeness (QED) is 0.0526. The molecule has 0 aliphatic heterocycles. The maximum absolute atomic E-state index is 12.0. The van der Waals surface area contributed by atoms with Crippen molar-refractivity contribution in [2.24, 2.45) is 0 Å². The first-order valence-corrected chi connectivity index (χ1v) is 24.8. The van der Waals surface area contributed by atoms with Crippen LogP contribution in [0.15, 0.2) is 0 Å². The van der Waals surface area contributed by atoms with E-state index in [1.54, 1.807) is 0 Å². The molecule has 0 radical (unpaired) electrons. The van der Waals surface area contributed by atoms with E-state index in [1.165, 1.54) is 0 Å². The van der Waals surface area contributed by atoms with Crippen LogP contribution >= 0.6 is 0 Å². The predicted molar refractivity (Wildman–Crippen MR) is 184 cm³/mol. The minimum atomic E-state index is -4.46. The summed E-state index contributed by atoms with van der Waals surface area (Å²) in [5.74, 6) is -0.464. The van der Waals surface area contributed by atoms with E-state index in [2.05, 4.69) is 0 Å². The number of hydrogen-bond acceptors (Lipinski definition) is 12. The van der Waals surface area contributed by atoms with Gasteiger partial charge in [-0.15, -0.1) is 0 Å². The molecule has 17 heteroatoms. The minimum absolute atomic E-state index is 0.178. The molecular formula is C29H67NO12SSi3. The smallest absolute Gasteiger partial charge is 0.501 e. The fourth-order valence-corrected chi connectivity index (χ4v) is 14.3. The molecule has 0 aromatic rings. The van der Waals surface area contributed by atoms with Crippen LogP contribution in [0, 0.1) is 0 Å². The lowest BCUT2D eigenvalue weighted by molar-refractivity contribution is -0.926. The van der Waals surface area contributed by atoms with Gasteiger partial charge in [0.25, 0.3) is 0 Å². The van der Waals surface area contributed by atoms with Gasteiger partial charge in [-0.2, -0.15) is 0 Å². The van der Waals surface area contributed by atoms with Gasteiger partial charge in [-0.05, 0) is 62.3 Å². The van der Waals surface area contributed by atoms with Gasteiger partial charge in [-0.3, -0.25) is 0 Å². The van der Waals surface area contributed by atoms with Gasteiger partial charge in [0.2, 0.25) is 0 Å². The lowest BCUT2D eigenvalue weighted by atomic mass is 10.2. The summed E-state index contributed by atoms with van der Waals surface area (Å²) in [7, 11) is -13.3. The second-order valence-electron chi connectivity index (χ2n) is 10.8. The molecule has 0 spiro atoms. The van der Waals surface area contributed by atoms with Gasteiger partial charge in [0.1, 0.15) is 10.1 Å². The number of rotatable bonds is 33. The van der Waals surface area contributed by atoms with E-state index in [9.17, 15) is 13.0 Å². The van der Waals surface area contributed by atoms with Gasteiger partial charge in [-0.1, -0.05) is 0 Å². The van der Waals surface area contributed by atoms with Crippen LogP contribution in [0.3, 0.4) is 0 Å². The van der Waals surface area contributed by atoms with Crippen LogP contribution < -0.4 is 0 Å². The van der Waals surface area contributed by atoms with E-state index in [-0.39, 0.29) is 6.54 Å². The molecule has 278 valence electrons. The van der Waals surface area contributed by atoms with E-state index >= 15 is 0 Å². The van der Waals surface area contributed by atoms with Crippen LogP contribution in [0.1, 0.15) is 81.6 Å². The van der Waals surface area contributed by atoms with Gasteiger partial charge in [0.05, 0.1) is 31.9 Å². The summed E-state index contributed by atoms with van der Waals surface area (Å²) in [5, 5.41) is 0. The van der Waals surface area contributed by atoms with Gasteiger partial charge in [0.15, 0.2) is 0 Å². The van der Waals surface area contributed by atoms with Gasteiger partial charge in [-0.25, -0.2) is 8.42 Å². The Bertz CT molecular complexity index is 729. The third kappa shape index (κ3) is 18.2. The molecule has 0 bridgehead atoms. The molecule has 0 saturated heterocycles. The molecule has 0 rings (SSSR count). The van der Waals surface area contributed by atoms with Crippen molar-refractivity contribution in [3.63, 3.8) is 0 Å². The highest BCUT2D eigenvalue weighted by Gasteiger charge is 2.44. The third-order valence-electron chi connectivity index (χ3n) is 7.44. The first-order chi connectivity index (χ1) is 21.9. The van der Waals surface area contributed by atoms with Crippen molar-refractivity contribution in [3.05, 3.63) is 0 Å². The Balaban J connectivity index is 6.48. The molecular weight excluding hydrogens is 671 g/mol.